The van der Waals surface area contributed by atoms with Crippen LogP contribution in [-0.2, 0) is 0 Å². The third-order valence-corrected chi connectivity index (χ3v) is 5.15. The van der Waals surface area contributed by atoms with Crippen molar-refractivity contribution in [1.82, 2.24) is 0 Å². The van der Waals surface area contributed by atoms with Gasteiger partial charge in [0.05, 0.1) is 5.54 Å². The van der Waals surface area contributed by atoms with Gasteiger partial charge in [-0.2, -0.15) is 0 Å². The SMILES string of the molecule is Cc1ccc(N(C)C2(CN)CC(C)CCC2C)cc1. The van der Waals surface area contributed by atoms with Crippen molar-refractivity contribution < 1.29 is 0 Å². The third-order valence-electron chi connectivity index (χ3n) is 5.15. The van der Waals surface area contributed by atoms with E-state index in [0.29, 0.717) is 5.92 Å². The Hall–Kier alpha value is -1.02. The topological polar surface area (TPSA) is 29.3 Å². The van der Waals surface area contributed by atoms with Gasteiger partial charge in [-0.25, -0.2) is 0 Å². The van der Waals surface area contributed by atoms with Crippen LogP contribution in [0.25, 0.3) is 0 Å². The highest BCUT2D eigenvalue weighted by Gasteiger charge is 2.42. The maximum Gasteiger partial charge on any atom is 0.0548 e. The normalized spacial score (nSPS) is 31.2. The van der Waals surface area contributed by atoms with Crippen LogP contribution in [-0.4, -0.2) is 19.1 Å². The Kier molecular flexibility index (Phi) is 4.19. The molecule has 3 atom stereocenters. The van der Waals surface area contributed by atoms with Gasteiger partial charge in [-0.05, 0) is 43.7 Å². The summed E-state index contributed by atoms with van der Waals surface area (Å²) in [6, 6.07) is 8.82. The lowest BCUT2D eigenvalue weighted by Gasteiger charge is -2.51. The summed E-state index contributed by atoms with van der Waals surface area (Å²) in [5.74, 6) is 1.42. The second-order valence-corrected chi connectivity index (χ2v) is 6.49. The summed E-state index contributed by atoms with van der Waals surface area (Å²) in [5, 5.41) is 0. The maximum atomic E-state index is 6.22. The van der Waals surface area contributed by atoms with E-state index >= 15 is 0 Å². The molecule has 0 aromatic heterocycles. The number of nitrogens with zero attached hydrogens (tertiary/aromatic N) is 1. The zero-order valence-corrected chi connectivity index (χ0v) is 12.8. The number of likely N-dealkylation sites (N-methyl/N-ethyl adjacent to an activating group) is 1. The van der Waals surface area contributed by atoms with Crippen molar-refractivity contribution in [3.05, 3.63) is 29.8 Å². The molecule has 0 spiro atoms. The summed E-state index contributed by atoms with van der Waals surface area (Å²) in [6.07, 6.45) is 3.83. The van der Waals surface area contributed by atoms with E-state index in [4.69, 9.17) is 5.73 Å². The monoisotopic (exact) mass is 260 g/mol. The van der Waals surface area contributed by atoms with Crippen LogP contribution in [0.2, 0.25) is 0 Å². The Bertz CT molecular complexity index is 412. The summed E-state index contributed by atoms with van der Waals surface area (Å²) >= 11 is 0. The summed E-state index contributed by atoms with van der Waals surface area (Å²) in [5.41, 5.74) is 8.93. The van der Waals surface area contributed by atoms with Crippen molar-refractivity contribution in [2.24, 2.45) is 17.6 Å². The molecule has 2 nitrogen and oxygen atoms in total. The molecular formula is C17H28N2. The first-order valence-corrected chi connectivity index (χ1v) is 7.50. The fourth-order valence-electron chi connectivity index (χ4n) is 3.62. The van der Waals surface area contributed by atoms with Gasteiger partial charge in [-0.15, -0.1) is 0 Å². The molecule has 0 amide bonds. The second-order valence-electron chi connectivity index (χ2n) is 6.49. The van der Waals surface area contributed by atoms with Gasteiger partial charge in [0.2, 0.25) is 0 Å². The zero-order valence-electron chi connectivity index (χ0n) is 12.8. The van der Waals surface area contributed by atoms with Crippen LogP contribution in [0, 0.1) is 18.8 Å². The number of hydrogen-bond donors (Lipinski definition) is 1. The lowest BCUT2D eigenvalue weighted by atomic mass is 9.68. The molecule has 19 heavy (non-hydrogen) atoms. The molecule has 106 valence electrons. The molecule has 0 aliphatic heterocycles. The highest BCUT2D eigenvalue weighted by molar-refractivity contribution is 5.50. The average Bonchev–Trinajstić information content (AvgIpc) is 2.41. The molecule has 0 saturated heterocycles. The van der Waals surface area contributed by atoms with Gasteiger partial charge >= 0.3 is 0 Å². The predicted molar refractivity (Wildman–Crippen MR) is 83.5 cm³/mol. The predicted octanol–water partition coefficient (Wildman–Crippen LogP) is 3.58. The Balaban J connectivity index is 2.31. The van der Waals surface area contributed by atoms with Crippen molar-refractivity contribution in [3.8, 4) is 0 Å². The number of anilines is 1. The average molecular weight is 260 g/mol. The summed E-state index contributed by atoms with van der Waals surface area (Å²) in [7, 11) is 2.21. The molecule has 3 unspecified atom stereocenters. The van der Waals surface area contributed by atoms with E-state index < -0.39 is 0 Å². The van der Waals surface area contributed by atoms with Crippen molar-refractivity contribution in [3.63, 3.8) is 0 Å². The van der Waals surface area contributed by atoms with E-state index in [2.05, 4.69) is 57.0 Å². The van der Waals surface area contributed by atoms with Crippen molar-refractivity contribution in [2.75, 3.05) is 18.5 Å². The van der Waals surface area contributed by atoms with Gasteiger partial charge in [0.1, 0.15) is 0 Å². The molecule has 0 bridgehead atoms. The molecule has 2 rings (SSSR count). The van der Waals surface area contributed by atoms with Crippen molar-refractivity contribution in [1.29, 1.82) is 0 Å². The van der Waals surface area contributed by atoms with Crippen LogP contribution < -0.4 is 10.6 Å². The molecule has 1 aliphatic rings. The van der Waals surface area contributed by atoms with E-state index in [0.717, 1.165) is 12.5 Å². The Morgan fingerprint density at radius 3 is 2.42 bits per heavy atom. The largest absolute Gasteiger partial charge is 0.367 e. The van der Waals surface area contributed by atoms with Crippen LogP contribution in [0.3, 0.4) is 0 Å². The maximum absolute atomic E-state index is 6.22. The van der Waals surface area contributed by atoms with Crippen LogP contribution >= 0.6 is 0 Å². The molecule has 1 fully saturated rings. The zero-order chi connectivity index (χ0) is 14.0. The number of aryl methyl sites for hydroxylation is 1. The lowest BCUT2D eigenvalue weighted by Crippen LogP contribution is -2.59. The van der Waals surface area contributed by atoms with E-state index in [9.17, 15) is 0 Å². The molecule has 1 aromatic rings. The smallest absolute Gasteiger partial charge is 0.0548 e. The molecule has 0 heterocycles. The molecule has 2 heteroatoms. The standard InChI is InChI=1S/C17H28N2/c1-13-6-9-16(10-7-13)19(4)17(12-18)11-14(2)5-8-15(17)3/h6-7,9-10,14-15H,5,8,11-12,18H2,1-4H3. The number of nitrogens with two attached hydrogens (primary N) is 1. The first-order valence-electron chi connectivity index (χ1n) is 7.50. The lowest BCUT2D eigenvalue weighted by molar-refractivity contribution is 0.162. The van der Waals surface area contributed by atoms with Gasteiger partial charge in [0.15, 0.2) is 0 Å². The van der Waals surface area contributed by atoms with Crippen molar-refractivity contribution in [2.45, 2.75) is 45.6 Å². The molecular weight excluding hydrogens is 232 g/mol. The molecule has 2 N–H and O–H groups in total. The minimum atomic E-state index is 0.118. The van der Waals surface area contributed by atoms with Crippen LogP contribution in [0.15, 0.2) is 24.3 Å². The van der Waals surface area contributed by atoms with Crippen LogP contribution in [0.4, 0.5) is 5.69 Å². The fourth-order valence-corrected chi connectivity index (χ4v) is 3.62. The molecule has 1 saturated carbocycles. The van der Waals surface area contributed by atoms with Crippen molar-refractivity contribution >= 4 is 5.69 Å². The second kappa shape index (κ2) is 5.54. The van der Waals surface area contributed by atoms with Crippen LogP contribution in [0.1, 0.15) is 38.7 Å². The van der Waals surface area contributed by atoms with Gasteiger partial charge < -0.3 is 10.6 Å². The number of hydrogen-bond acceptors (Lipinski definition) is 2. The number of benzene rings is 1. The van der Waals surface area contributed by atoms with E-state index in [1.165, 1.54) is 30.5 Å². The van der Waals surface area contributed by atoms with Gasteiger partial charge in [-0.3, -0.25) is 0 Å². The summed E-state index contributed by atoms with van der Waals surface area (Å²) in [4.78, 5) is 2.44. The highest BCUT2D eigenvalue weighted by Crippen LogP contribution is 2.41. The summed E-state index contributed by atoms with van der Waals surface area (Å²) in [6.45, 7) is 7.60. The van der Waals surface area contributed by atoms with Gasteiger partial charge in [0, 0.05) is 19.3 Å². The quantitative estimate of drug-likeness (QED) is 0.900. The first-order chi connectivity index (χ1) is 8.99. The Morgan fingerprint density at radius 1 is 1.21 bits per heavy atom. The summed E-state index contributed by atoms with van der Waals surface area (Å²) < 4.78 is 0. The minimum absolute atomic E-state index is 0.118. The van der Waals surface area contributed by atoms with E-state index in [1.54, 1.807) is 0 Å². The van der Waals surface area contributed by atoms with E-state index in [-0.39, 0.29) is 5.54 Å². The fraction of sp³-hybridized carbons (Fsp3) is 0.647. The molecule has 0 radical (unpaired) electrons. The Morgan fingerprint density at radius 2 is 1.84 bits per heavy atom. The first kappa shape index (κ1) is 14.4. The highest BCUT2D eigenvalue weighted by atomic mass is 15.2. The minimum Gasteiger partial charge on any atom is -0.367 e. The molecule has 1 aliphatic carbocycles. The number of rotatable bonds is 3. The van der Waals surface area contributed by atoms with Gasteiger partial charge in [-0.1, -0.05) is 38.0 Å². The third kappa shape index (κ3) is 2.64. The Labute approximate surface area is 118 Å². The van der Waals surface area contributed by atoms with Gasteiger partial charge in [0.25, 0.3) is 0 Å². The molecule has 1 aromatic carbocycles. The van der Waals surface area contributed by atoms with E-state index in [1.807, 2.05) is 0 Å². The van der Waals surface area contributed by atoms with Crippen LogP contribution in [0.5, 0.6) is 0 Å².